The van der Waals surface area contributed by atoms with Crippen LogP contribution in [0.2, 0.25) is 0 Å². The van der Waals surface area contributed by atoms with Crippen molar-refractivity contribution in [2.75, 3.05) is 5.33 Å². The lowest BCUT2D eigenvalue weighted by Gasteiger charge is -1.86. The van der Waals surface area contributed by atoms with Crippen LogP contribution in [0.3, 0.4) is 0 Å². The van der Waals surface area contributed by atoms with E-state index in [4.69, 9.17) is 23.2 Å². The molecule has 3 heteroatoms. The zero-order valence-corrected chi connectivity index (χ0v) is 8.09. The summed E-state index contributed by atoms with van der Waals surface area (Å²) in [6.07, 6.45) is 3.52. The molecule has 0 amide bonds. The first-order valence-electron chi connectivity index (χ1n) is 2.41. The third-order valence-electron chi connectivity index (χ3n) is 0.705. The van der Waals surface area contributed by atoms with E-state index in [0.717, 1.165) is 5.33 Å². The Hall–Kier alpha value is 0.540. The fraction of sp³-hybridized carbons (Fsp3) is 0.333. The molecule has 0 aromatic heterocycles. The Morgan fingerprint density at radius 3 is 2.33 bits per heavy atom. The van der Waals surface area contributed by atoms with E-state index in [1.165, 1.54) is 5.57 Å². The van der Waals surface area contributed by atoms with Gasteiger partial charge in [0, 0.05) is 5.33 Å². The molecule has 0 nitrogen and oxygen atoms in total. The Morgan fingerprint density at radius 1 is 1.44 bits per heavy atom. The van der Waals surface area contributed by atoms with Crippen molar-refractivity contribution in [2.45, 2.75) is 6.92 Å². The quantitative estimate of drug-likeness (QED) is 0.501. The van der Waals surface area contributed by atoms with Gasteiger partial charge in [-0.05, 0) is 13.0 Å². The summed E-state index contributed by atoms with van der Waals surface area (Å²) < 4.78 is 0.287. The Kier molecular flexibility index (Phi) is 5.65. The standard InChI is InChI=1S/C6H7BrCl2/c1-5(4-7)2-3-6(8)9/h2-3H,4H2,1H3/b5-2+. The minimum absolute atomic E-state index is 0.287. The van der Waals surface area contributed by atoms with Crippen LogP contribution in [-0.4, -0.2) is 5.33 Å². The Labute approximate surface area is 73.7 Å². The van der Waals surface area contributed by atoms with E-state index in [9.17, 15) is 0 Å². The smallest absolute Gasteiger partial charge is 0.0880 e. The van der Waals surface area contributed by atoms with Crippen LogP contribution in [0.5, 0.6) is 0 Å². The van der Waals surface area contributed by atoms with Gasteiger partial charge in [-0.3, -0.25) is 0 Å². The maximum atomic E-state index is 5.35. The van der Waals surface area contributed by atoms with Gasteiger partial charge in [0.05, 0.1) is 0 Å². The number of rotatable bonds is 2. The van der Waals surface area contributed by atoms with Gasteiger partial charge in [-0.25, -0.2) is 0 Å². The summed E-state index contributed by atoms with van der Waals surface area (Å²) in [6, 6.07) is 0. The van der Waals surface area contributed by atoms with Crippen LogP contribution in [0.4, 0.5) is 0 Å². The summed E-state index contributed by atoms with van der Waals surface area (Å²) in [4.78, 5) is 0. The molecule has 0 saturated carbocycles. The minimum Gasteiger partial charge on any atom is -0.0880 e. The van der Waals surface area contributed by atoms with Gasteiger partial charge in [0.1, 0.15) is 4.49 Å². The molecule has 0 unspecified atom stereocenters. The number of hydrogen-bond donors (Lipinski definition) is 0. The maximum Gasteiger partial charge on any atom is 0.106 e. The summed E-state index contributed by atoms with van der Waals surface area (Å²) in [6.45, 7) is 1.99. The van der Waals surface area contributed by atoms with Crippen LogP contribution < -0.4 is 0 Å². The van der Waals surface area contributed by atoms with E-state index in [0.29, 0.717) is 0 Å². The summed E-state index contributed by atoms with van der Waals surface area (Å²) >= 11 is 14.0. The Morgan fingerprint density at radius 2 is 2.00 bits per heavy atom. The number of allylic oxidation sites excluding steroid dienone is 3. The lowest BCUT2D eigenvalue weighted by molar-refractivity contribution is 1.42. The van der Waals surface area contributed by atoms with Gasteiger partial charge in [-0.2, -0.15) is 0 Å². The first-order valence-corrected chi connectivity index (χ1v) is 4.29. The molecule has 0 aliphatic heterocycles. The fourth-order valence-electron chi connectivity index (χ4n) is 0.250. The van der Waals surface area contributed by atoms with Crippen LogP contribution in [-0.2, 0) is 0 Å². The predicted octanol–water partition coefficient (Wildman–Crippen LogP) is 3.65. The monoisotopic (exact) mass is 228 g/mol. The molecular weight excluding hydrogens is 223 g/mol. The molecule has 52 valence electrons. The molecule has 0 aliphatic rings. The van der Waals surface area contributed by atoms with Crippen LogP contribution in [0.25, 0.3) is 0 Å². The SMILES string of the molecule is C/C(=C\C=C(Cl)Cl)CBr. The summed E-state index contributed by atoms with van der Waals surface area (Å²) in [5.41, 5.74) is 1.19. The average molecular weight is 230 g/mol. The molecule has 0 aliphatic carbocycles. The van der Waals surface area contributed by atoms with Crippen molar-refractivity contribution in [2.24, 2.45) is 0 Å². The van der Waals surface area contributed by atoms with E-state index in [-0.39, 0.29) is 4.49 Å². The van der Waals surface area contributed by atoms with Gasteiger partial charge in [0.15, 0.2) is 0 Å². The molecule has 0 fully saturated rings. The van der Waals surface area contributed by atoms with E-state index in [1.54, 1.807) is 6.08 Å². The topological polar surface area (TPSA) is 0 Å². The van der Waals surface area contributed by atoms with Crippen molar-refractivity contribution in [3.8, 4) is 0 Å². The highest BCUT2D eigenvalue weighted by molar-refractivity contribution is 9.09. The zero-order chi connectivity index (χ0) is 7.28. The normalized spacial score (nSPS) is 11.3. The molecule has 0 bridgehead atoms. The van der Waals surface area contributed by atoms with Crippen molar-refractivity contribution in [1.29, 1.82) is 0 Å². The second-order valence-electron chi connectivity index (χ2n) is 1.60. The summed E-state index contributed by atoms with van der Waals surface area (Å²) in [7, 11) is 0. The van der Waals surface area contributed by atoms with Crippen molar-refractivity contribution in [3.05, 3.63) is 22.2 Å². The number of alkyl halides is 1. The van der Waals surface area contributed by atoms with Gasteiger partial charge < -0.3 is 0 Å². The first-order chi connectivity index (χ1) is 4.16. The van der Waals surface area contributed by atoms with Crippen LogP contribution in [0.15, 0.2) is 22.2 Å². The van der Waals surface area contributed by atoms with Gasteiger partial charge in [-0.15, -0.1) is 0 Å². The molecule has 0 heterocycles. The second kappa shape index (κ2) is 5.33. The predicted molar refractivity (Wildman–Crippen MR) is 47.3 cm³/mol. The van der Waals surface area contributed by atoms with Crippen molar-refractivity contribution in [1.82, 2.24) is 0 Å². The van der Waals surface area contributed by atoms with E-state index in [1.807, 2.05) is 13.0 Å². The van der Waals surface area contributed by atoms with Crippen molar-refractivity contribution < 1.29 is 0 Å². The molecule has 0 saturated heterocycles. The molecule has 0 rings (SSSR count). The molecule has 0 atom stereocenters. The largest absolute Gasteiger partial charge is 0.106 e. The maximum absolute atomic E-state index is 5.35. The molecule has 0 aromatic carbocycles. The van der Waals surface area contributed by atoms with Gasteiger partial charge in [0.2, 0.25) is 0 Å². The van der Waals surface area contributed by atoms with Gasteiger partial charge in [-0.1, -0.05) is 50.8 Å². The molecular formula is C6H7BrCl2. The number of halogens is 3. The zero-order valence-electron chi connectivity index (χ0n) is 5.00. The van der Waals surface area contributed by atoms with E-state index < -0.39 is 0 Å². The average Bonchev–Trinajstić information content (AvgIpc) is 1.83. The van der Waals surface area contributed by atoms with Crippen LogP contribution >= 0.6 is 39.1 Å². The first kappa shape index (κ1) is 9.54. The van der Waals surface area contributed by atoms with E-state index >= 15 is 0 Å². The molecule has 0 spiro atoms. The molecule has 0 aromatic rings. The fourth-order valence-corrected chi connectivity index (χ4v) is 0.563. The lowest BCUT2D eigenvalue weighted by Crippen LogP contribution is -1.71. The van der Waals surface area contributed by atoms with Crippen molar-refractivity contribution in [3.63, 3.8) is 0 Å². The lowest BCUT2D eigenvalue weighted by atomic mass is 10.3. The van der Waals surface area contributed by atoms with Crippen LogP contribution in [0, 0.1) is 0 Å². The second-order valence-corrected chi connectivity index (χ2v) is 3.17. The summed E-state index contributed by atoms with van der Waals surface area (Å²) in [5.74, 6) is 0. The van der Waals surface area contributed by atoms with Gasteiger partial charge >= 0.3 is 0 Å². The third-order valence-corrected chi connectivity index (χ3v) is 1.84. The molecule has 9 heavy (non-hydrogen) atoms. The van der Waals surface area contributed by atoms with Gasteiger partial charge in [0.25, 0.3) is 0 Å². The molecule has 0 radical (unpaired) electrons. The highest BCUT2D eigenvalue weighted by atomic mass is 79.9. The Balaban J connectivity index is 3.83. The van der Waals surface area contributed by atoms with E-state index in [2.05, 4.69) is 15.9 Å². The number of hydrogen-bond acceptors (Lipinski definition) is 0. The molecule has 0 N–H and O–H groups in total. The highest BCUT2D eigenvalue weighted by Crippen LogP contribution is 2.07. The summed E-state index contributed by atoms with van der Waals surface area (Å²) in [5, 5.41) is 0.852. The van der Waals surface area contributed by atoms with Crippen molar-refractivity contribution >= 4 is 39.1 Å². The highest BCUT2D eigenvalue weighted by Gasteiger charge is 1.82. The Bertz CT molecular complexity index is 134. The van der Waals surface area contributed by atoms with Crippen LogP contribution in [0.1, 0.15) is 6.92 Å². The third kappa shape index (κ3) is 6.42. The minimum atomic E-state index is 0.287.